The lowest BCUT2D eigenvalue weighted by Gasteiger charge is -2.39. The molecule has 1 aliphatic rings. The van der Waals surface area contributed by atoms with Gasteiger partial charge in [-0.1, -0.05) is 55.5 Å². The summed E-state index contributed by atoms with van der Waals surface area (Å²) in [7, 11) is -1.44. The van der Waals surface area contributed by atoms with E-state index in [-0.39, 0.29) is 5.75 Å². The minimum Gasteiger partial charge on any atom is -0.356 e. The van der Waals surface area contributed by atoms with Crippen LogP contribution in [-0.2, 0) is 9.84 Å². The van der Waals surface area contributed by atoms with E-state index in [4.69, 9.17) is 0 Å². The maximum Gasteiger partial charge on any atom is 0.193 e. The molecule has 1 fully saturated rings. The summed E-state index contributed by atoms with van der Waals surface area (Å²) in [6, 6.07) is 19.4. The van der Waals surface area contributed by atoms with Gasteiger partial charge in [-0.25, -0.2) is 8.42 Å². The number of sulfone groups is 1. The van der Waals surface area contributed by atoms with Crippen LogP contribution in [0.5, 0.6) is 0 Å². The van der Waals surface area contributed by atoms with Crippen LogP contribution in [0.15, 0.2) is 70.6 Å². The van der Waals surface area contributed by atoms with Crippen molar-refractivity contribution in [3.63, 3.8) is 0 Å². The second-order valence-electron chi connectivity index (χ2n) is 7.69. The van der Waals surface area contributed by atoms with Crippen LogP contribution < -0.4 is 5.32 Å². The van der Waals surface area contributed by atoms with Gasteiger partial charge in [0.05, 0.1) is 10.6 Å². The molecule has 2 aromatic rings. The lowest BCUT2D eigenvalue weighted by Crippen LogP contribution is -2.48. The molecule has 0 bridgehead atoms. The zero-order valence-corrected chi connectivity index (χ0v) is 18.1. The molecule has 0 radical (unpaired) electrons. The number of likely N-dealkylation sites (tertiary alicyclic amines) is 1. The molecule has 1 N–H and O–H groups in total. The Balaban J connectivity index is 1.49. The van der Waals surface area contributed by atoms with Crippen molar-refractivity contribution in [3.8, 4) is 0 Å². The Morgan fingerprint density at radius 1 is 1.10 bits per heavy atom. The van der Waals surface area contributed by atoms with Gasteiger partial charge in [0.1, 0.15) is 0 Å². The number of hydrogen-bond donors (Lipinski definition) is 1. The van der Waals surface area contributed by atoms with E-state index in [1.165, 1.54) is 5.56 Å². The van der Waals surface area contributed by atoms with Crippen LogP contribution in [0, 0.1) is 5.92 Å². The molecule has 0 amide bonds. The second-order valence-corrected chi connectivity index (χ2v) is 9.80. The Hall–Kier alpha value is -2.34. The fraction of sp³-hybridized carbons (Fsp3) is 0.435. The standard InChI is InChI=1S/C23H31N3O2S/c1-19-18-26(16-14-22(19)20-10-5-3-6-11-20)23(24-2)25-15-9-17-29(27,28)21-12-7-4-8-13-21/h3-8,10-13,19,22H,9,14-18H2,1-2H3,(H,24,25). The lowest BCUT2D eigenvalue weighted by atomic mass is 9.82. The van der Waals surface area contributed by atoms with E-state index in [1.54, 1.807) is 31.3 Å². The number of nitrogens with zero attached hydrogens (tertiary/aromatic N) is 2. The molecule has 2 aromatic carbocycles. The molecule has 6 heteroatoms. The predicted molar refractivity (Wildman–Crippen MR) is 119 cm³/mol. The first-order valence-electron chi connectivity index (χ1n) is 10.3. The number of benzene rings is 2. The number of aliphatic imine (C=N–C) groups is 1. The van der Waals surface area contributed by atoms with E-state index in [1.807, 2.05) is 6.07 Å². The second kappa shape index (κ2) is 9.92. The smallest absolute Gasteiger partial charge is 0.193 e. The monoisotopic (exact) mass is 413 g/mol. The maximum atomic E-state index is 12.4. The van der Waals surface area contributed by atoms with Crippen LogP contribution in [0.4, 0.5) is 0 Å². The number of rotatable bonds is 6. The third-order valence-electron chi connectivity index (χ3n) is 5.62. The Morgan fingerprint density at radius 3 is 2.38 bits per heavy atom. The highest BCUT2D eigenvalue weighted by Gasteiger charge is 2.28. The van der Waals surface area contributed by atoms with Crippen LogP contribution in [0.25, 0.3) is 0 Å². The topological polar surface area (TPSA) is 61.8 Å². The van der Waals surface area contributed by atoms with Crippen molar-refractivity contribution in [1.82, 2.24) is 10.2 Å². The summed E-state index contributed by atoms with van der Waals surface area (Å²) in [5.41, 5.74) is 1.41. The van der Waals surface area contributed by atoms with Crippen LogP contribution >= 0.6 is 0 Å². The quantitative estimate of drug-likeness (QED) is 0.447. The van der Waals surface area contributed by atoms with Crippen molar-refractivity contribution < 1.29 is 8.42 Å². The predicted octanol–water partition coefficient (Wildman–Crippen LogP) is 3.55. The van der Waals surface area contributed by atoms with Gasteiger partial charge in [0.2, 0.25) is 0 Å². The van der Waals surface area contributed by atoms with E-state index in [2.05, 4.69) is 52.5 Å². The van der Waals surface area contributed by atoms with Gasteiger partial charge in [-0.05, 0) is 42.4 Å². The van der Waals surface area contributed by atoms with Crippen LogP contribution in [0.3, 0.4) is 0 Å². The Kier molecular flexibility index (Phi) is 7.31. The van der Waals surface area contributed by atoms with Crippen molar-refractivity contribution in [2.45, 2.75) is 30.6 Å². The minimum atomic E-state index is -3.23. The molecule has 5 nitrogen and oxygen atoms in total. The van der Waals surface area contributed by atoms with Gasteiger partial charge in [0.25, 0.3) is 0 Å². The van der Waals surface area contributed by atoms with Crippen molar-refractivity contribution in [2.75, 3.05) is 32.4 Å². The first-order chi connectivity index (χ1) is 14.0. The summed E-state index contributed by atoms with van der Waals surface area (Å²) in [6.45, 7) is 4.78. The molecule has 3 rings (SSSR count). The van der Waals surface area contributed by atoms with E-state index < -0.39 is 9.84 Å². The van der Waals surface area contributed by atoms with Gasteiger partial charge in [-0.2, -0.15) is 0 Å². The lowest BCUT2D eigenvalue weighted by molar-refractivity contribution is 0.234. The molecule has 156 valence electrons. The van der Waals surface area contributed by atoms with E-state index in [0.717, 1.165) is 25.5 Å². The van der Waals surface area contributed by atoms with Gasteiger partial charge < -0.3 is 10.2 Å². The zero-order chi connectivity index (χ0) is 20.7. The average Bonchev–Trinajstić information content (AvgIpc) is 2.75. The minimum absolute atomic E-state index is 0.132. The molecule has 2 atom stereocenters. The SMILES string of the molecule is CN=C(NCCCS(=O)(=O)c1ccccc1)N1CCC(c2ccccc2)C(C)C1. The molecule has 1 heterocycles. The summed E-state index contributed by atoms with van der Waals surface area (Å²) in [5.74, 6) is 2.10. The van der Waals surface area contributed by atoms with Gasteiger partial charge in [0, 0.05) is 26.7 Å². The summed E-state index contributed by atoms with van der Waals surface area (Å²) in [4.78, 5) is 7.10. The normalized spacial score (nSPS) is 20.5. The van der Waals surface area contributed by atoms with Gasteiger partial charge in [0.15, 0.2) is 15.8 Å². The molecule has 0 aliphatic carbocycles. The Labute approximate surface area is 174 Å². The third kappa shape index (κ3) is 5.60. The van der Waals surface area contributed by atoms with Crippen LogP contribution in [0.1, 0.15) is 31.2 Å². The third-order valence-corrected chi connectivity index (χ3v) is 7.44. The van der Waals surface area contributed by atoms with Crippen molar-refractivity contribution in [3.05, 3.63) is 66.2 Å². The van der Waals surface area contributed by atoms with Crippen molar-refractivity contribution >= 4 is 15.8 Å². The van der Waals surface area contributed by atoms with Gasteiger partial charge in [-0.3, -0.25) is 4.99 Å². The molecule has 0 saturated carbocycles. The Bertz CT molecular complexity index is 898. The molecular formula is C23H31N3O2S. The number of guanidine groups is 1. The number of nitrogens with one attached hydrogen (secondary N) is 1. The molecule has 2 unspecified atom stereocenters. The number of hydrogen-bond acceptors (Lipinski definition) is 3. The zero-order valence-electron chi connectivity index (χ0n) is 17.3. The Morgan fingerprint density at radius 2 is 1.76 bits per heavy atom. The molecule has 1 saturated heterocycles. The first-order valence-corrected chi connectivity index (χ1v) is 11.9. The highest BCUT2D eigenvalue weighted by Crippen LogP contribution is 2.32. The highest BCUT2D eigenvalue weighted by atomic mass is 32.2. The van der Waals surface area contributed by atoms with Gasteiger partial charge >= 0.3 is 0 Å². The molecule has 0 spiro atoms. The van der Waals surface area contributed by atoms with E-state index in [0.29, 0.717) is 29.7 Å². The fourth-order valence-electron chi connectivity index (χ4n) is 4.07. The van der Waals surface area contributed by atoms with Crippen molar-refractivity contribution in [1.29, 1.82) is 0 Å². The number of piperidine rings is 1. The fourth-order valence-corrected chi connectivity index (χ4v) is 5.41. The molecular weight excluding hydrogens is 382 g/mol. The van der Waals surface area contributed by atoms with E-state index in [9.17, 15) is 8.42 Å². The molecule has 29 heavy (non-hydrogen) atoms. The molecule has 1 aliphatic heterocycles. The summed E-state index contributed by atoms with van der Waals surface area (Å²) in [6.07, 6.45) is 1.64. The van der Waals surface area contributed by atoms with E-state index >= 15 is 0 Å². The highest BCUT2D eigenvalue weighted by molar-refractivity contribution is 7.91. The van der Waals surface area contributed by atoms with Gasteiger partial charge in [-0.15, -0.1) is 0 Å². The molecule has 0 aromatic heterocycles. The summed E-state index contributed by atoms with van der Waals surface area (Å²) in [5, 5.41) is 3.35. The van der Waals surface area contributed by atoms with Crippen molar-refractivity contribution in [2.24, 2.45) is 10.9 Å². The largest absolute Gasteiger partial charge is 0.356 e. The summed E-state index contributed by atoms with van der Waals surface area (Å²) >= 11 is 0. The first kappa shape index (κ1) is 21.4. The maximum absolute atomic E-state index is 12.4. The average molecular weight is 414 g/mol. The van der Waals surface area contributed by atoms with Crippen LogP contribution in [-0.4, -0.2) is 51.7 Å². The summed E-state index contributed by atoms with van der Waals surface area (Å²) < 4.78 is 24.8. The van der Waals surface area contributed by atoms with Crippen LogP contribution in [0.2, 0.25) is 0 Å².